The molecule has 0 aliphatic carbocycles. The Labute approximate surface area is 109 Å². The Morgan fingerprint density at radius 3 is 2.82 bits per heavy atom. The summed E-state index contributed by atoms with van der Waals surface area (Å²) in [6.45, 7) is 1.61. The van der Waals surface area contributed by atoms with Crippen LogP contribution in [-0.2, 0) is 4.79 Å². The van der Waals surface area contributed by atoms with E-state index in [2.05, 4.69) is 5.32 Å². The number of amides is 1. The lowest BCUT2D eigenvalue weighted by Crippen LogP contribution is -2.34. The maximum Gasteiger partial charge on any atom is 0.258 e. The van der Waals surface area contributed by atoms with Crippen molar-refractivity contribution < 1.29 is 14.6 Å². The molecule has 0 radical (unpaired) electrons. The number of aliphatic hydroxyl groups is 1. The average molecular weight is 278 g/mol. The zero-order valence-corrected chi connectivity index (χ0v) is 10.8. The first kappa shape index (κ1) is 14.1. The summed E-state index contributed by atoms with van der Waals surface area (Å²) in [6.07, 6.45) is -0.585. The Morgan fingerprint density at radius 2 is 2.24 bits per heavy atom. The highest BCUT2D eigenvalue weighted by Crippen LogP contribution is 2.27. The van der Waals surface area contributed by atoms with E-state index in [9.17, 15) is 4.79 Å². The van der Waals surface area contributed by atoms with Crippen LogP contribution in [-0.4, -0.2) is 30.3 Å². The molecule has 1 atom stereocenters. The lowest BCUT2D eigenvalue weighted by molar-refractivity contribution is -0.123. The maximum absolute atomic E-state index is 11.3. The number of carbonyl (C=O) groups excluding carboxylic acids is 1. The molecule has 17 heavy (non-hydrogen) atoms. The fraction of sp³-hybridized carbons (Fsp3) is 0.364. The van der Waals surface area contributed by atoms with Crippen molar-refractivity contribution >= 4 is 29.1 Å². The Morgan fingerprint density at radius 1 is 1.53 bits per heavy atom. The van der Waals surface area contributed by atoms with E-state index < -0.39 is 6.10 Å². The second-order valence-corrected chi connectivity index (χ2v) is 4.36. The third kappa shape index (κ3) is 5.26. The Hall–Kier alpha value is -0.970. The van der Waals surface area contributed by atoms with Crippen molar-refractivity contribution in [3.63, 3.8) is 0 Å². The Bertz CT molecular complexity index is 396. The van der Waals surface area contributed by atoms with Gasteiger partial charge in [-0.05, 0) is 25.1 Å². The van der Waals surface area contributed by atoms with E-state index in [1.807, 2.05) is 0 Å². The van der Waals surface area contributed by atoms with Gasteiger partial charge in [-0.2, -0.15) is 0 Å². The summed E-state index contributed by atoms with van der Waals surface area (Å²) in [5.41, 5.74) is 0. The monoisotopic (exact) mass is 277 g/mol. The first-order valence-electron chi connectivity index (χ1n) is 5.01. The van der Waals surface area contributed by atoms with E-state index in [0.717, 1.165) is 0 Å². The summed E-state index contributed by atoms with van der Waals surface area (Å²) < 4.78 is 5.20. The number of ether oxygens (including phenoxy) is 1. The van der Waals surface area contributed by atoms with E-state index in [1.54, 1.807) is 19.1 Å². The molecular formula is C11H13Cl2NO3. The van der Waals surface area contributed by atoms with Gasteiger partial charge in [-0.1, -0.05) is 23.2 Å². The number of benzene rings is 1. The van der Waals surface area contributed by atoms with Gasteiger partial charge in [0.2, 0.25) is 0 Å². The number of aliphatic hydroxyl groups excluding tert-OH is 1. The van der Waals surface area contributed by atoms with Crippen LogP contribution in [0.15, 0.2) is 18.2 Å². The fourth-order valence-electron chi connectivity index (χ4n) is 1.05. The molecule has 1 aromatic rings. The van der Waals surface area contributed by atoms with Crippen LogP contribution in [0.1, 0.15) is 6.92 Å². The molecule has 2 N–H and O–H groups in total. The third-order valence-electron chi connectivity index (χ3n) is 1.85. The van der Waals surface area contributed by atoms with Crippen LogP contribution in [0.4, 0.5) is 0 Å². The molecule has 1 rings (SSSR count). The van der Waals surface area contributed by atoms with Crippen LogP contribution >= 0.6 is 23.2 Å². The molecule has 0 aromatic heterocycles. The highest BCUT2D eigenvalue weighted by molar-refractivity contribution is 6.35. The number of nitrogens with one attached hydrogen (secondary N) is 1. The summed E-state index contributed by atoms with van der Waals surface area (Å²) in [5.74, 6) is 0.0696. The van der Waals surface area contributed by atoms with Crippen molar-refractivity contribution in [2.75, 3.05) is 13.2 Å². The van der Waals surface area contributed by atoms with Gasteiger partial charge in [-0.15, -0.1) is 0 Å². The Balaban J connectivity index is 2.42. The summed E-state index contributed by atoms with van der Waals surface area (Å²) >= 11 is 11.6. The van der Waals surface area contributed by atoms with Crippen LogP contribution < -0.4 is 10.1 Å². The number of hydrogen-bond acceptors (Lipinski definition) is 3. The normalized spacial score (nSPS) is 12.0. The zero-order chi connectivity index (χ0) is 12.8. The van der Waals surface area contributed by atoms with E-state index in [-0.39, 0.29) is 19.1 Å². The van der Waals surface area contributed by atoms with Crippen molar-refractivity contribution in [2.45, 2.75) is 13.0 Å². The number of rotatable bonds is 5. The van der Waals surface area contributed by atoms with Crippen molar-refractivity contribution in [2.24, 2.45) is 0 Å². The molecule has 0 heterocycles. The zero-order valence-electron chi connectivity index (χ0n) is 9.24. The Kier molecular flexibility index (Phi) is 5.55. The minimum absolute atomic E-state index is 0.159. The lowest BCUT2D eigenvalue weighted by atomic mass is 10.3. The number of hydrogen-bond donors (Lipinski definition) is 2. The second kappa shape index (κ2) is 6.69. The highest BCUT2D eigenvalue weighted by Gasteiger charge is 2.06. The van der Waals surface area contributed by atoms with E-state index in [4.69, 9.17) is 33.0 Å². The minimum Gasteiger partial charge on any atom is -0.482 e. The molecule has 0 bridgehead atoms. The molecule has 0 saturated heterocycles. The van der Waals surface area contributed by atoms with Gasteiger partial charge in [-0.3, -0.25) is 4.79 Å². The molecule has 1 unspecified atom stereocenters. The van der Waals surface area contributed by atoms with Gasteiger partial charge in [-0.25, -0.2) is 0 Å². The van der Waals surface area contributed by atoms with E-state index in [0.29, 0.717) is 15.8 Å². The largest absolute Gasteiger partial charge is 0.482 e. The SMILES string of the molecule is CC(O)CNC(=O)COc1ccc(Cl)cc1Cl. The van der Waals surface area contributed by atoms with Crippen LogP contribution in [0.3, 0.4) is 0 Å². The molecule has 0 aliphatic rings. The molecule has 4 nitrogen and oxygen atoms in total. The average Bonchev–Trinajstić information content (AvgIpc) is 2.25. The lowest BCUT2D eigenvalue weighted by Gasteiger charge is -2.09. The van der Waals surface area contributed by atoms with Crippen LogP contribution in [0.5, 0.6) is 5.75 Å². The van der Waals surface area contributed by atoms with Gasteiger partial charge in [0.15, 0.2) is 6.61 Å². The van der Waals surface area contributed by atoms with E-state index in [1.165, 1.54) is 6.07 Å². The molecule has 1 amide bonds. The van der Waals surface area contributed by atoms with Gasteiger partial charge in [0.1, 0.15) is 5.75 Å². The number of halogens is 2. The van der Waals surface area contributed by atoms with Gasteiger partial charge in [0, 0.05) is 11.6 Å². The quantitative estimate of drug-likeness (QED) is 0.864. The fourth-order valence-corrected chi connectivity index (χ4v) is 1.51. The second-order valence-electron chi connectivity index (χ2n) is 3.52. The van der Waals surface area contributed by atoms with Crippen molar-refractivity contribution in [3.8, 4) is 5.75 Å². The standard InChI is InChI=1S/C11H13Cl2NO3/c1-7(15)5-14-11(16)6-17-10-3-2-8(12)4-9(10)13/h2-4,7,15H,5-6H2,1H3,(H,14,16). The summed E-state index contributed by atoms with van der Waals surface area (Å²) in [6, 6.07) is 4.75. The molecule has 94 valence electrons. The summed E-state index contributed by atoms with van der Waals surface area (Å²) in [4.78, 5) is 11.3. The summed E-state index contributed by atoms with van der Waals surface area (Å²) in [5, 5.41) is 12.3. The topological polar surface area (TPSA) is 58.6 Å². The first-order chi connectivity index (χ1) is 7.99. The molecule has 1 aromatic carbocycles. The molecule has 0 aliphatic heterocycles. The molecule has 0 spiro atoms. The van der Waals surface area contributed by atoms with Gasteiger partial charge < -0.3 is 15.2 Å². The number of carbonyl (C=O) groups is 1. The van der Waals surface area contributed by atoms with Crippen molar-refractivity contribution in [3.05, 3.63) is 28.2 Å². The van der Waals surface area contributed by atoms with Crippen LogP contribution in [0.25, 0.3) is 0 Å². The predicted molar refractivity (Wildman–Crippen MR) is 66.6 cm³/mol. The highest BCUT2D eigenvalue weighted by atomic mass is 35.5. The van der Waals surface area contributed by atoms with Crippen molar-refractivity contribution in [1.82, 2.24) is 5.32 Å². The molecule has 0 saturated carbocycles. The van der Waals surface area contributed by atoms with Crippen molar-refractivity contribution in [1.29, 1.82) is 0 Å². The van der Waals surface area contributed by atoms with Gasteiger partial charge in [0.05, 0.1) is 11.1 Å². The minimum atomic E-state index is -0.585. The van der Waals surface area contributed by atoms with Crippen LogP contribution in [0, 0.1) is 0 Å². The van der Waals surface area contributed by atoms with Gasteiger partial charge >= 0.3 is 0 Å². The summed E-state index contributed by atoms with van der Waals surface area (Å²) in [7, 11) is 0. The molecule has 6 heteroatoms. The predicted octanol–water partition coefficient (Wildman–Crippen LogP) is 1.87. The smallest absolute Gasteiger partial charge is 0.258 e. The van der Waals surface area contributed by atoms with Crippen LogP contribution in [0.2, 0.25) is 10.0 Å². The van der Waals surface area contributed by atoms with E-state index >= 15 is 0 Å². The third-order valence-corrected chi connectivity index (χ3v) is 2.38. The molecular weight excluding hydrogens is 265 g/mol. The van der Waals surface area contributed by atoms with Gasteiger partial charge in [0.25, 0.3) is 5.91 Å². The maximum atomic E-state index is 11.3. The molecule has 0 fully saturated rings. The first-order valence-corrected chi connectivity index (χ1v) is 5.77.